The Bertz CT molecular complexity index is 335. The van der Waals surface area contributed by atoms with Crippen molar-refractivity contribution in [2.75, 3.05) is 19.0 Å². The van der Waals surface area contributed by atoms with Crippen molar-refractivity contribution in [3.05, 3.63) is 29.8 Å². The monoisotopic (exact) mass is 223 g/mol. The van der Waals surface area contributed by atoms with E-state index in [-0.39, 0.29) is 12.5 Å². The summed E-state index contributed by atoms with van der Waals surface area (Å²) in [7, 11) is 1.56. The van der Waals surface area contributed by atoms with Crippen LogP contribution in [0, 0.1) is 6.92 Å². The van der Waals surface area contributed by atoms with E-state index in [2.05, 4.69) is 5.32 Å². The summed E-state index contributed by atoms with van der Waals surface area (Å²) >= 11 is 0. The normalized spacial score (nSPS) is 12.1. The molecule has 4 heteroatoms. The molecule has 1 aromatic carbocycles. The Kier molecular flexibility index (Phi) is 4.79. The van der Waals surface area contributed by atoms with Gasteiger partial charge in [-0.25, -0.2) is 0 Å². The van der Waals surface area contributed by atoms with Crippen LogP contribution in [0.2, 0.25) is 0 Å². The minimum absolute atomic E-state index is 0.0434. The number of anilines is 1. The molecule has 0 aliphatic rings. The number of aliphatic carboxylic acids is 1. The second kappa shape index (κ2) is 6.12. The minimum Gasteiger partial charge on any atom is -0.481 e. The number of carbonyl (C=O) groups is 1. The predicted octanol–water partition coefficient (Wildman–Crippen LogP) is 1.90. The summed E-state index contributed by atoms with van der Waals surface area (Å²) in [6.45, 7) is 2.38. The first-order chi connectivity index (χ1) is 7.61. The van der Waals surface area contributed by atoms with E-state index in [4.69, 9.17) is 9.84 Å². The van der Waals surface area contributed by atoms with E-state index in [1.807, 2.05) is 31.2 Å². The second-order valence-electron chi connectivity index (χ2n) is 3.76. The third-order valence-electron chi connectivity index (χ3n) is 2.21. The zero-order valence-corrected chi connectivity index (χ0v) is 9.56. The summed E-state index contributed by atoms with van der Waals surface area (Å²) in [6, 6.07) is 7.62. The fourth-order valence-electron chi connectivity index (χ4n) is 1.45. The summed E-state index contributed by atoms with van der Waals surface area (Å²) < 4.78 is 4.97. The van der Waals surface area contributed by atoms with Crippen LogP contribution in [0.5, 0.6) is 0 Å². The number of hydrogen-bond donors (Lipinski definition) is 2. The van der Waals surface area contributed by atoms with E-state index in [0.717, 1.165) is 5.69 Å². The Morgan fingerprint density at radius 1 is 1.44 bits per heavy atom. The van der Waals surface area contributed by atoms with E-state index in [1.165, 1.54) is 5.56 Å². The molecule has 16 heavy (non-hydrogen) atoms. The van der Waals surface area contributed by atoms with Crippen molar-refractivity contribution >= 4 is 11.7 Å². The molecule has 0 fully saturated rings. The van der Waals surface area contributed by atoms with Crippen LogP contribution >= 0.6 is 0 Å². The number of ether oxygens (including phenoxy) is 1. The topological polar surface area (TPSA) is 58.6 Å². The Hall–Kier alpha value is -1.55. The van der Waals surface area contributed by atoms with E-state index >= 15 is 0 Å². The van der Waals surface area contributed by atoms with Crippen molar-refractivity contribution in [2.45, 2.75) is 19.4 Å². The molecule has 0 bridgehead atoms. The molecular weight excluding hydrogens is 206 g/mol. The zero-order chi connectivity index (χ0) is 12.0. The highest BCUT2D eigenvalue weighted by Gasteiger charge is 2.12. The maximum absolute atomic E-state index is 10.6. The van der Waals surface area contributed by atoms with E-state index < -0.39 is 5.97 Å². The van der Waals surface area contributed by atoms with Crippen LogP contribution in [0.4, 0.5) is 5.69 Å². The van der Waals surface area contributed by atoms with Crippen molar-refractivity contribution in [1.29, 1.82) is 0 Å². The van der Waals surface area contributed by atoms with Gasteiger partial charge < -0.3 is 15.2 Å². The number of carboxylic acid groups (broad SMARTS) is 1. The molecule has 1 unspecified atom stereocenters. The van der Waals surface area contributed by atoms with E-state index in [9.17, 15) is 4.79 Å². The molecule has 1 aromatic rings. The van der Waals surface area contributed by atoms with Crippen LogP contribution < -0.4 is 5.32 Å². The predicted molar refractivity (Wildman–Crippen MR) is 62.7 cm³/mol. The summed E-state index contributed by atoms with van der Waals surface area (Å²) in [5, 5.41) is 11.9. The average Bonchev–Trinajstić information content (AvgIpc) is 2.21. The molecule has 0 amide bonds. The maximum atomic E-state index is 10.6. The summed E-state index contributed by atoms with van der Waals surface area (Å²) in [6.07, 6.45) is 0.0434. The van der Waals surface area contributed by atoms with Crippen LogP contribution in [-0.4, -0.2) is 30.8 Å². The van der Waals surface area contributed by atoms with Crippen LogP contribution in [0.1, 0.15) is 12.0 Å². The van der Waals surface area contributed by atoms with Gasteiger partial charge in [0.2, 0.25) is 0 Å². The Labute approximate surface area is 95.2 Å². The first-order valence-electron chi connectivity index (χ1n) is 5.15. The lowest BCUT2D eigenvalue weighted by molar-refractivity contribution is -0.137. The standard InChI is InChI=1S/C12H17NO3/c1-9-3-5-10(6-4-9)13-11(8-16-2)7-12(14)15/h3-6,11,13H,7-8H2,1-2H3,(H,14,15). The largest absolute Gasteiger partial charge is 0.481 e. The number of aryl methyl sites for hydroxylation is 1. The molecule has 0 aliphatic carbocycles. The minimum atomic E-state index is -0.832. The quantitative estimate of drug-likeness (QED) is 0.773. The Balaban J connectivity index is 2.59. The molecule has 4 nitrogen and oxygen atoms in total. The number of nitrogens with one attached hydrogen (secondary N) is 1. The van der Waals surface area contributed by atoms with Gasteiger partial charge in [-0.05, 0) is 19.1 Å². The SMILES string of the molecule is COCC(CC(=O)O)Nc1ccc(C)cc1. The summed E-state index contributed by atoms with van der Waals surface area (Å²) in [5.41, 5.74) is 2.08. The lowest BCUT2D eigenvalue weighted by Gasteiger charge is -2.17. The zero-order valence-electron chi connectivity index (χ0n) is 9.56. The molecular formula is C12H17NO3. The second-order valence-corrected chi connectivity index (χ2v) is 3.76. The van der Waals surface area contributed by atoms with Crippen molar-refractivity contribution in [3.63, 3.8) is 0 Å². The van der Waals surface area contributed by atoms with Crippen molar-refractivity contribution < 1.29 is 14.6 Å². The molecule has 0 saturated carbocycles. The van der Waals surface area contributed by atoms with Gasteiger partial charge in [-0.15, -0.1) is 0 Å². The lowest BCUT2D eigenvalue weighted by atomic mass is 10.2. The Morgan fingerprint density at radius 3 is 2.56 bits per heavy atom. The molecule has 0 heterocycles. The van der Waals surface area contributed by atoms with E-state index in [0.29, 0.717) is 6.61 Å². The molecule has 1 atom stereocenters. The summed E-state index contributed by atoms with van der Waals surface area (Å²) in [5.74, 6) is -0.832. The van der Waals surface area contributed by atoms with Gasteiger partial charge in [0.05, 0.1) is 19.1 Å². The maximum Gasteiger partial charge on any atom is 0.305 e. The molecule has 0 saturated heterocycles. The molecule has 88 valence electrons. The van der Waals surface area contributed by atoms with Crippen molar-refractivity contribution in [1.82, 2.24) is 0 Å². The number of methoxy groups -OCH3 is 1. The first-order valence-corrected chi connectivity index (χ1v) is 5.15. The van der Waals surface area contributed by atoms with Gasteiger partial charge in [0.15, 0.2) is 0 Å². The highest BCUT2D eigenvalue weighted by atomic mass is 16.5. The fourth-order valence-corrected chi connectivity index (χ4v) is 1.45. The van der Waals surface area contributed by atoms with Crippen LogP contribution in [0.3, 0.4) is 0 Å². The van der Waals surface area contributed by atoms with Gasteiger partial charge in [-0.1, -0.05) is 17.7 Å². The third-order valence-corrected chi connectivity index (χ3v) is 2.21. The highest BCUT2D eigenvalue weighted by Crippen LogP contribution is 2.11. The number of hydrogen-bond acceptors (Lipinski definition) is 3. The van der Waals surface area contributed by atoms with Gasteiger partial charge in [0.1, 0.15) is 0 Å². The smallest absolute Gasteiger partial charge is 0.305 e. The van der Waals surface area contributed by atoms with Crippen LogP contribution in [0.25, 0.3) is 0 Å². The van der Waals surface area contributed by atoms with Crippen LogP contribution in [0.15, 0.2) is 24.3 Å². The Morgan fingerprint density at radius 2 is 2.06 bits per heavy atom. The molecule has 2 N–H and O–H groups in total. The fraction of sp³-hybridized carbons (Fsp3) is 0.417. The first kappa shape index (κ1) is 12.5. The molecule has 0 radical (unpaired) electrons. The number of benzene rings is 1. The number of rotatable bonds is 6. The van der Waals surface area contributed by atoms with Gasteiger partial charge >= 0.3 is 5.97 Å². The lowest BCUT2D eigenvalue weighted by Crippen LogP contribution is -2.27. The van der Waals surface area contributed by atoms with Gasteiger partial charge in [-0.3, -0.25) is 4.79 Å². The molecule has 0 aliphatic heterocycles. The number of carboxylic acids is 1. The molecule has 1 rings (SSSR count). The van der Waals surface area contributed by atoms with Crippen LogP contribution in [-0.2, 0) is 9.53 Å². The third kappa shape index (κ3) is 4.31. The van der Waals surface area contributed by atoms with Gasteiger partial charge in [-0.2, -0.15) is 0 Å². The molecule has 0 spiro atoms. The molecule has 0 aromatic heterocycles. The van der Waals surface area contributed by atoms with Crippen molar-refractivity contribution in [3.8, 4) is 0 Å². The summed E-state index contributed by atoms with van der Waals surface area (Å²) in [4.78, 5) is 10.6. The van der Waals surface area contributed by atoms with Gasteiger partial charge in [0.25, 0.3) is 0 Å². The van der Waals surface area contributed by atoms with Crippen molar-refractivity contribution in [2.24, 2.45) is 0 Å². The van der Waals surface area contributed by atoms with E-state index in [1.54, 1.807) is 7.11 Å². The highest BCUT2D eigenvalue weighted by molar-refractivity contribution is 5.68. The van der Waals surface area contributed by atoms with Gasteiger partial charge in [0, 0.05) is 12.8 Å². The average molecular weight is 223 g/mol.